The zero-order valence-electron chi connectivity index (χ0n) is 13.5. The van der Waals surface area contributed by atoms with E-state index in [9.17, 15) is 0 Å². The molecule has 4 rings (SSSR count). The molecular weight excluding hydrogens is 349 g/mol. The van der Waals surface area contributed by atoms with Gasteiger partial charge >= 0.3 is 0 Å². The third-order valence-corrected chi connectivity index (χ3v) is 4.76. The third-order valence-electron chi connectivity index (χ3n) is 4.28. The number of hydrogen-bond acceptors (Lipinski definition) is 0. The summed E-state index contributed by atoms with van der Waals surface area (Å²) in [5, 5.41) is 2.70. The smallest absolute Gasteiger partial charge is 0.193 e. The summed E-state index contributed by atoms with van der Waals surface area (Å²) < 4.78 is 2.27. The van der Waals surface area contributed by atoms with Crippen molar-refractivity contribution < 1.29 is 4.57 Å². The molecule has 0 aliphatic rings. The molecule has 0 N–H and O–H groups in total. The van der Waals surface area contributed by atoms with Gasteiger partial charge in [0.1, 0.15) is 0 Å². The molecule has 25 heavy (non-hydrogen) atoms. The van der Waals surface area contributed by atoms with Gasteiger partial charge in [-0.05, 0) is 42.0 Å². The molecule has 0 saturated heterocycles. The molecule has 0 bridgehead atoms. The van der Waals surface area contributed by atoms with Crippen LogP contribution in [0.5, 0.6) is 0 Å². The zero-order chi connectivity index (χ0) is 17.2. The van der Waals surface area contributed by atoms with Gasteiger partial charge in [0.2, 0.25) is 5.52 Å². The van der Waals surface area contributed by atoms with E-state index in [4.69, 9.17) is 23.2 Å². The van der Waals surface area contributed by atoms with E-state index in [0.717, 1.165) is 27.7 Å². The summed E-state index contributed by atoms with van der Waals surface area (Å²) in [4.78, 5) is 0. The molecule has 4 aromatic rings. The first-order valence-corrected chi connectivity index (χ1v) is 8.87. The molecule has 3 aromatic carbocycles. The van der Waals surface area contributed by atoms with Crippen molar-refractivity contribution in [1.29, 1.82) is 0 Å². The van der Waals surface area contributed by atoms with Gasteiger partial charge in [-0.1, -0.05) is 59.6 Å². The predicted octanol–water partition coefficient (Wildman–Crippen LogP) is 6.15. The Bertz CT molecular complexity index is 1040. The summed E-state index contributed by atoms with van der Waals surface area (Å²) in [6.07, 6.45) is 2.18. The van der Waals surface area contributed by atoms with Crippen LogP contribution in [-0.4, -0.2) is 0 Å². The van der Waals surface area contributed by atoms with Gasteiger partial charge in [0.15, 0.2) is 12.7 Å². The monoisotopic (exact) mass is 364 g/mol. The number of fused-ring (bicyclic) bond motifs is 1. The minimum Gasteiger partial charge on any atom is -0.193 e. The SMILES string of the molecule is Clc1ccc(C[n+]2cc(-c3cccc(Cl)c3)cc3ccccc32)cc1. The molecule has 0 aliphatic carbocycles. The van der Waals surface area contributed by atoms with Crippen LogP contribution in [0, 0.1) is 0 Å². The van der Waals surface area contributed by atoms with E-state index >= 15 is 0 Å². The molecular formula is C22H16Cl2N+. The summed E-state index contributed by atoms with van der Waals surface area (Å²) >= 11 is 12.2. The van der Waals surface area contributed by atoms with E-state index in [1.165, 1.54) is 16.5 Å². The standard InChI is InChI=1S/C22H16Cl2N/c23-20-10-8-16(9-11-20)14-25-15-19(17-5-3-6-21(24)13-17)12-18-4-1-2-7-22(18)25/h1-13,15H,14H2/q+1. The van der Waals surface area contributed by atoms with Crippen molar-refractivity contribution in [3.8, 4) is 11.1 Å². The maximum Gasteiger partial charge on any atom is 0.212 e. The first kappa shape index (κ1) is 16.1. The Kier molecular flexibility index (Phi) is 4.44. The zero-order valence-corrected chi connectivity index (χ0v) is 15.0. The van der Waals surface area contributed by atoms with Crippen LogP contribution in [0.3, 0.4) is 0 Å². The van der Waals surface area contributed by atoms with Crippen molar-refractivity contribution in [1.82, 2.24) is 0 Å². The molecule has 0 amide bonds. The van der Waals surface area contributed by atoms with Gasteiger partial charge < -0.3 is 0 Å². The van der Waals surface area contributed by atoms with E-state index in [1.807, 2.05) is 30.3 Å². The summed E-state index contributed by atoms with van der Waals surface area (Å²) in [5.74, 6) is 0. The summed E-state index contributed by atoms with van der Waals surface area (Å²) in [6, 6.07) is 26.6. The number of para-hydroxylation sites is 1. The highest BCUT2D eigenvalue weighted by molar-refractivity contribution is 6.31. The molecule has 122 valence electrons. The molecule has 0 saturated carbocycles. The molecule has 0 radical (unpaired) electrons. The minimum absolute atomic E-state index is 0.745. The lowest BCUT2D eigenvalue weighted by atomic mass is 10.0. The number of hydrogen-bond donors (Lipinski definition) is 0. The molecule has 0 unspecified atom stereocenters. The highest BCUT2D eigenvalue weighted by atomic mass is 35.5. The van der Waals surface area contributed by atoms with Gasteiger partial charge in [-0.25, -0.2) is 0 Å². The van der Waals surface area contributed by atoms with Crippen LogP contribution in [0.15, 0.2) is 85.1 Å². The number of halogens is 2. The Hall–Kier alpha value is -2.35. The first-order chi connectivity index (χ1) is 12.2. The Morgan fingerprint density at radius 2 is 1.48 bits per heavy atom. The predicted molar refractivity (Wildman–Crippen MR) is 105 cm³/mol. The van der Waals surface area contributed by atoms with Crippen LogP contribution in [-0.2, 0) is 6.54 Å². The van der Waals surface area contributed by atoms with Crippen molar-refractivity contribution in [2.75, 3.05) is 0 Å². The van der Waals surface area contributed by atoms with Crippen molar-refractivity contribution in [3.05, 3.63) is 101 Å². The van der Waals surface area contributed by atoms with E-state index in [1.54, 1.807) is 0 Å². The second-order valence-corrected chi connectivity index (χ2v) is 6.93. The van der Waals surface area contributed by atoms with Crippen LogP contribution in [0.25, 0.3) is 22.0 Å². The molecule has 0 atom stereocenters. The van der Waals surface area contributed by atoms with Gasteiger partial charge in [-0.3, -0.25) is 0 Å². The quantitative estimate of drug-likeness (QED) is 0.384. The van der Waals surface area contributed by atoms with Crippen molar-refractivity contribution >= 4 is 34.1 Å². The molecule has 3 heteroatoms. The fourth-order valence-corrected chi connectivity index (χ4v) is 3.37. The molecule has 0 fully saturated rings. The molecule has 1 nitrogen and oxygen atoms in total. The Labute approximate surface area is 157 Å². The number of benzene rings is 3. The van der Waals surface area contributed by atoms with Crippen molar-refractivity contribution in [2.45, 2.75) is 6.54 Å². The normalized spacial score (nSPS) is 11.0. The molecule has 0 spiro atoms. The van der Waals surface area contributed by atoms with Crippen LogP contribution in [0.1, 0.15) is 5.56 Å². The summed E-state index contributed by atoms with van der Waals surface area (Å²) in [7, 11) is 0. The van der Waals surface area contributed by atoms with Crippen LogP contribution in [0.2, 0.25) is 10.0 Å². The maximum atomic E-state index is 6.18. The number of rotatable bonds is 3. The molecule has 0 aliphatic heterocycles. The van der Waals surface area contributed by atoms with Crippen LogP contribution in [0.4, 0.5) is 0 Å². The highest BCUT2D eigenvalue weighted by Crippen LogP contribution is 2.24. The van der Waals surface area contributed by atoms with Gasteiger partial charge in [0.25, 0.3) is 0 Å². The minimum atomic E-state index is 0.745. The van der Waals surface area contributed by atoms with Gasteiger partial charge in [0.05, 0.1) is 0 Å². The van der Waals surface area contributed by atoms with Gasteiger partial charge in [-0.2, -0.15) is 4.57 Å². The van der Waals surface area contributed by atoms with E-state index < -0.39 is 0 Å². The lowest BCUT2D eigenvalue weighted by molar-refractivity contribution is -0.661. The van der Waals surface area contributed by atoms with Crippen molar-refractivity contribution in [3.63, 3.8) is 0 Å². The average Bonchev–Trinajstić information content (AvgIpc) is 2.63. The van der Waals surface area contributed by atoms with Crippen molar-refractivity contribution in [2.24, 2.45) is 0 Å². The fourth-order valence-electron chi connectivity index (χ4n) is 3.06. The number of nitrogens with zero attached hydrogens (tertiary/aromatic N) is 1. The number of pyridine rings is 1. The topological polar surface area (TPSA) is 3.88 Å². The Balaban J connectivity index is 1.85. The Morgan fingerprint density at radius 1 is 0.680 bits per heavy atom. The molecule has 1 aromatic heterocycles. The maximum absolute atomic E-state index is 6.18. The second-order valence-electron chi connectivity index (χ2n) is 6.05. The second kappa shape index (κ2) is 6.87. The molecule has 1 heterocycles. The van der Waals surface area contributed by atoms with Gasteiger partial charge in [0, 0.05) is 32.6 Å². The van der Waals surface area contributed by atoms with E-state index in [2.05, 4.69) is 59.3 Å². The van der Waals surface area contributed by atoms with Crippen LogP contribution >= 0.6 is 23.2 Å². The third kappa shape index (κ3) is 3.53. The highest BCUT2D eigenvalue weighted by Gasteiger charge is 2.13. The lowest BCUT2D eigenvalue weighted by Gasteiger charge is -2.07. The van der Waals surface area contributed by atoms with E-state index in [0.29, 0.717) is 0 Å². The van der Waals surface area contributed by atoms with E-state index in [-0.39, 0.29) is 0 Å². The number of aromatic nitrogens is 1. The first-order valence-electron chi connectivity index (χ1n) is 8.12. The largest absolute Gasteiger partial charge is 0.212 e. The Morgan fingerprint density at radius 3 is 2.28 bits per heavy atom. The van der Waals surface area contributed by atoms with Crippen LogP contribution < -0.4 is 4.57 Å². The van der Waals surface area contributed by atoms with Gasteiger partial charge in [-0.15, -0.1) is 0 Å². The summed E-state index contributed by atoms with van der Waals surface area (Å²) in [5.41, 5.74) is 4.67. The summed E-state index contributed by atoms with van der Waals surface area (Å²) in [6.45, 7) is 0.784. The lowest BCUT2D eigenvalue weighted by Crippen LogP contribution is -2.35. The fraction of sp³-hybridized carbons (Fsp3) is 0.0455. The average molecular weight is 365 g/mol.